The predicted octanol–water partition coefficient (Wildman–Crippen LogP) is 2.42. The lowest BCUT2D eigenvalue weighted by Gasteiger charge is -2.08. The number of rotatable bonds is 4. The summed E-state index contributed by atoms with van der Waals surface area (Å²) in [7, 11) is 3.21. The molecule has 4 heteroatoms. The zero-order chi connectivity index (χ0) is 12.3. The Balaban J connectivity index is 2.38. The molecule has 1 aromatic carbocycles. The molecule has 0 atom stereocenters. The van der Waals surface area contributed by atoms with Crippen LogP contribution in [-0.4, -0.2) is 14.2 Å². The van der Waals surface area contributed by atoms with Crippen LogP contribution in [0.5, 0.6) is 11.5 Å². The smallest absolute Gasteiger partial charge is 0.161 e. The van der Waals surface area contributed by atoms with Crippen LogP contribution in [0.1, 0.15) is 5.76 Å². The van der Waals surface area contributed by atoms with Crippen LogP contribution in [0, 0.1) is 0 Å². The molecule has 0 fully saturated rings. The molecule has 0 spiro atoms. The third-order valence-corrected chi connectivity index (χ3v) is 2.53. The molecule has 0 aliphatic rings. The quantitative estimate of drug-likeness (QED) is 0.881. The monoisotopic (exact) mass is 233 g/mol. The predicted molar refractivity (Wildman–Crippen MR) is 65.1 cm³/mol. The molecule has 0 radical (unpaired) electrons. The fraction of sp³-hybridized carbons (Fsp3) is 0.231. The van der Waals surface area contributed by atoms with Crippen LogP contribution < -0.4 is 15.2 Å². The number of benzene rings is 1. The minimum Gasteiger partial charge on any atom is -0.493 e. The fourth-order valence-corrected chi connectivity index (χ4v) is 1.63. The molecule has 17 heavy (non-hydrogen) atoms. The van der Waals surface area contributed by atoms with Gasteiger partial charge in [-0.2, -0.15) is 0 Å². The average molecular weight is 233 g/mol. The lowest BCUT2D eigenvalue weighted by Crippen LogP contribution is -1.92. The largest absolute Gasteiger partial charge is 0.493 e. The van der Waals surface area contributed by atoms with Crippen LogP contribution in [0.3, 0.4) is 0 Å². The fourth-order valence-electron chi connectivity index (χ4n) is 1.63. The molecular formula is C13H15NO3. The molecular weight excluding hydrogens is 218 g/mol. The summed E-state index contributed by atoms with van der Waals surface area (Å²) in [6.07, 6.45) is 0. The molecule has 0 amide bonds. The van der Waals surface area contributed by atoms with Crippen LogP contribution in [0.25, 0.3) is 11.3 Å². The number of ether oxygens (including phenoxy) is 2. The third-order valence-electron chi connectivity index (χ3n) is 2.53. The van der Waals surface area contributed by atoms with Gasteiger partial charge < -0.3 is 19.6 Å². The van der Waals surface area contributed by atoms with Crippen molar-refractivity contribution in [2.75, 3.05) is 14.2 Å². The summed E-state index contributed by atoms with van der Waals surface area (Å²) < 4.78 is 16.0. The molecule has 0 aliphatic carbocycles. The molecule has 2 aromatic rings. The summed E-state index contributed by atoms with van der Waals surface area (Å²) in [5.74, 6) is 2.90. The Kier molecular flexibility index (Phi) is 3.35. The topological polar surface area (TPSA) is 57.6 Å². The minimum absolute atomic E-state index is 0.396. The molecule has 0 unspecified atom stereocenters. The second-order valence-electron chi connectivity index (χ2n) is 3.54. The minimum atomic E-state index is 0.396. The van der Waals surface area contributed by atoms with E-state index in [0.717, 1.165) is 17.1 Å². The van der Waals surface area contributed by atoms with Gasteiger partial charge in [0.15, 0.2) is 11.5 Å². The highest BCUT2D eigenvalue weighted by molar-refractivity contribution is 5.62. The van der Waals surface area contributed by atoms with Crippen LogP contribution >= 0.6 is 0 Å². The maximum Gasteiger partial charge on any atom is 0.161 e. The maximum atomic E-state index is 5.57. The lowest BCUT2D eigenvalue weighted by molar-refractivity contribution is 0.355. The van der Waals surface area contributed by atoms with E-state index >= 15 is 0 Å². The average Bonchev–Trinajstić information content (AvgIpc) is 2.86. The summed E-state index contributed by atoms with van der Waals surface area (Å²) in [5, 5.41) is 0. The molecule has 0 saturated heterocycles. The molecule has 1 heterocycles. The van der Waals surface area contributed by atoms with Crippen molar-refractivity contribution in [3.63, 3.8) is 0 Å². The molecule has 1 aromatic heterocycles. The molecule has 0 saturated carbocycles. The summed E-state index contributed by atoms with van der Waals surface area (Å²) in [6.45, 7) is 0.396. The van der Waals surface area contributed by atoms with Gasteiger partial charge in [0.1, 0.15) is 11.5 Å². The molecule has 2 rings (SSSR count). The van der Waals surface area contributed by atoms with Crippen molar-refractivity contribution in [2.45, 2.75) is 6.54 Å². The van der Waals surface area contributed by atoms with E-state index in [1.165, 1.54) is 0 Å². The first kappa shape index (κ1) is 11.5. The Hall–Kier alpha value is -1.94. The summed E-state index contributed by atoms with van der Waals surface area (Å²) in [4.78, 5) is 0. The lowest BCUT2D eigenvalue weighted by atomic mass is 10.1. The second-order valence-corrected chi connectivity index (χ2v) is 3.54. The second kappa shape index (κ2) is 4.93. The molecule has 90 valence electrons. The summed E-state index contributed by atoms with van der Waals surface area (Å²) in [6, 6.07) is 9.40. The number of hydrogen-bond acceptors (Lipinski definition) is 4. The summed E-state index contributed by atoms with van der Waals surface area (Å²) >= 11 is 0. The number of nitrogens with two attached hydrogens (primary N) is 1. The Morgan fingerprint density at radius 2 is 1.82 bits per heavy atom. The van der Waals surface area contributed by atoms with E-state index in [9.17, 15) is 0 Å². The highest BCUT2D eigenvalue weighted by Crippen LogP contribution is 2.32. The van der Waals surface area contributed by atoms with Crippen molar-refractivity contribution in [2.24, 2.45) is 5.73 Å². The van der Waals surface area contributed by atoms with Gasteiger partial charge in [-0.05, 0) is 30.3 Å². The van der Waals surface area contributed by atoms with Gasteiger partial charge in [-0.25, -0.2) is 0 Å². The number of methoxy groups -OCH3 is 2. The van der Waals surface area contributed by atoms with Crippen molar-refractivity contribution in [3.05, 3.63) is 36.1 Å². The van der Waals surface area contributed by atoms with Crippen molar-refractivity contribution < 1.29 is 13.9 Å². The third kappa shape index (κ3) is 2.26. The van der Waals surface area contributed by atoms with Crippen LogP contribution in [0.2, 0.25) is 0 Å². The van der Waals surface area contributed by atoms with E-state index < -0.39 is 0 Å². The van der Waals surface area contributed by atoms with E-state index in [2.05, 4.69) is 0 Å². The highest BCUT2D eigenvalue weighted by atomic mass is 16.5. The van der Waals surface area contributed by atoms with E-state index in [1.807, 2.05) is 30.3 Å². The number of furan rings is 1. The first-order valence-corrected chi connectivity index (χ1v) is 5.29. The molecule has 4 nitrogen and oxygen atoms in total. The normalized spacial score (nSPS) is 10.3. The van der Waals surface area contributed by atoms with E-state index in [4.69, 9.17) is 19.6 Å². The summed E-state index contributed by atoms with van der Waals surface area (Å²) in [5.41, 5.74) is 6.44. The van der Waals surface area contributed by atoms with Gasteiger partial charge in [0, 0.05) is 5.56 Å². The van der Waals surface area contributed by atoms with Crippen LogP contribution in [0.4, 0.5) is 0 Å². The Labute approximate surface area is 99.9 Å². The molecule has 0 aliphatic heterocycles. The van der Waals surface area contributed by atoms with Gasteiger partial charge in [0.2, 0.25) is 0 Å². The van der Waals surface area contributed by atoms with Crippen LogP contribution in [-0.2, 0) is 6.54 Å². The van der Waals surface area contributed by atoms with Crippen molar-refractivity contribution in [3.8, 4) is 22.8 Å². The van der Waals surface area contributed by atoms with Gasteiger partial charge in [0.05, 0.1) is 20.8 Å². The van der Waals surface area contributed by atoms with Crippen molar-refractivity contribution >= 4 is 0 Å². The van der Waals surface area contributed by atoms with E-state index in [1.54, 1.807) is 14.2 Å². The SMILES string of the molecule is COc1ccc(-c2ccc(CN)o2)cc1OC. The number of hydrogen-bond donors (Lipinski definition) is 1. The van der Waals surface area contributed by atoms with Gasteiger partial charge in [0.25, 0.3) is 0 Å². The first-order chi connectivity index (χ1) is 8.28. The van der Waals surface area contributed by atoms with Gasteiger partial charge >= 0.3 is 0 Å². The molecule has 2 N–H and O–H groups in total. The van der Waals surface area contributed by atoms with Crippen molar-refractivity contribution in [1.29, 1.82) is 0 Å². The van der Waals surface area contributed by atoms with Gasteiger partial charge in [-0.1, -0.05) is 0 Å². The Morgan fingerprint density at radius 3 is 2.41 bits per heavy atom. The van der Waals surface area contributed by atoms with Gasteiger partial charge in [-0.3, -0.25) is 0 Å². The zero-order valence-electron chi connectivity index (χ0n) is 9.90. The zero-order valence-corrected chi connectivity index (χ0v) is 9.90. The Morgan fingerprint density at radius 1 is 1.06 bits per heavy atom. The standard InChI is InChI=1S/C13H15NO3/c1-15-12-5-3-9(7-13(12)16-2)11-6-4-10(8-14)17-11/h3-7H,8,14H2,1-2H3. The first-order valence-electron chi connectivity index (χ1n) is 5.29. The maximum absolute atomic E-state index is 5.57. The van der Waals surface area contributed by atoms with Gasteiger partial charge in [-0.15, -0.1) is 0 Å². The van der Waals surface area contributed by atoms with Crippen molar-refractivity contribution in [1.82, 2.24) is 0 Å². The molecule has 0 bridgehead atoms. The van der Waals surface area contributed by atoms with E-state index in [0.29, 0.717) is 18.0 Å². The van der Waals surface area contributed by atoms with E-state index in [-0.39, 0.29) is 0 Å². The van der Waals surface area contributed by atoms with Crippen LogP contribution in [0.15, 0.2) is 34.7 Å². The highest BCUT2D eigenvalue weighted by Gasteiger charge is 2.08. The Bertz CT molecular complexity index is 505.